The molecule has 0 spiro atoms. The van der Waals surface area contributed by atoms with E-state index in [1.165, 1.54) is 10.4 Å². The van der Waals surface area contributed by atoms with Gasteiger partial charge in [-0.15, -0.1) is 21.5 Å². The van der Waals surface area contributed by atoms with E-state index < -0.39 is 0 Å². The molecule has 0 aromatic carbocycles. The summed E-state index contributed by atoms with van der Waals surface area (Å²) in [5, 5.41) is 15.0. The number of fused-ring (bicyclic) bond motifs is 8. The van der Waals surface area contributed by atoms with E-state index in [9.17, 15) is 0 Å². The van der Waals surface area contributed by atoms with Gasteiger partial charge in [0, 0.05) is 11.3 Å². The molecule has 0 saturated heterocycles. The molecule has 124 valence electrons. The molecule has 4 aromatic heterocycles. The minimum Gasteiger partial charge on any atom is -0.369 e. The second kappa shape index (κ2) is 4.90. The molecule has 1 aliphatic rings. The van der Waals surface area contributed by atoms with Gasteiger partial charge in [-0.1, -0.05) is 18.7 Å². The molecule has 0 fully saturated rings. The van der Waals surface area contributed by atoms with Crippen LogP contribution in [0.15, 0.2) is 11.5 Å². The van der Waals surface area contributed by atoms with Gasteiger partial charge < -0.3 is 4.74 Å². The molecule has 0 N–H and O–H groups in total. The number of rotatable bonds is 2. The number of nitrogens with zero attached hydrogens (tertiary/aromatic N) is 6. The number of aromatic nitrogens is 6. The summed E-state index contributed by atoms with van der Waals surface area (Å²) in [7, 11) is 0. The van der Waals surface area contributed by atoms with Crippen LogP contribution in [-0.2, 0) is 17.8 Å². The Hall–Kier alpha value is -1.71. The molecular weight excluding hydrogens is 344 g/mol. The van der Waals surface area contributed by atoms with Gasteiger partial charge in [0.2, 0.25) is 0 Å². The summed E-state index contributed by atoms with van der Waals surface area (Å²) in [6, 6.07) is 0. The van der Waals surface area contributed by atoms with Crippen molar-refractivity contribution in [1.29, 1.82) is 0 Å². The largest absolute Gasteiger partial charge is 0.369 e. The maximum Gasteiger partial charge on any atom is 0.260 e. The molecule has 24 heavy (non-hydrogen) atoms. The molecule has 1 unspecified atom stereocenters. The average Bonchev–Trinajstić information content (AvgIpc) is 3.29. The monoisotopic (exact) mass is 360 g/mol. The van der Waals surface area contributed by atoms with Gasteiger partial charge in [-0.2, -0.15) is 9.61 Å². The minimum atomic E-state index is -0.123. The van der Waals surface area contributed by atoms with Crippen molar-refractivity contribution in [2.24, 2.45) is 0 Å². The van der Waals surface area contributed by atoms with Crippen molar-refractivity contribution in [3.63, 3.8) is 0 Å². The molecule has 5 rings (SSSR count). The summed E-state index contributed by atoms with van der Waals surface area (Å²) in [6.45, 7) is 5.01. The molecule has 0 bridgehead atoms. The summed E-state index contributed by atoms with van der Waals surface area (Å²) in [6.07, 6.45) is 5.48. The fourth-order valence-electron chi connectivity index (χ4n) is 3.35. The van der Waals surface area contributed by atoms with Crippen LogP contribution in [0.5, 0.6) is 0 Å². The molecular formula is C15H16N6OS2. The Bertz CT molecular complexity index is 1100. The lowest BCUT2D eigenvalue weighted by molar-refractivity contribution is -0.0542. The highest BCUT2D eigenvalue weighted by molar-refractivity contribution is 7.98. The van der Waals surface area contributed by atoms with Crippen LogP contribution in [-0.4, -0.2) is 41.1 Å². The van der Waals surface area contributed by atoms with Crippen LogP contribution in [0.4, 0.5) is 0 Å². The van der Waals surface area contributed by atoms with Crippen LogP contribution in [0.1, 0.15) is 30.7 Å². The van der Waals surface area contributed by atoms with Crippen molar-refractivity contribution in [3.8, 4) is 0 Å². The second-order valence-corrected chi connectivity index (χ2v) is 8.13. The molecule has 9 heteroatoms. The van der Waals surface area contributed by atoms with Crippen LogP contribution in [0, 0.1) is 0 Å². The number of hydrogen-bond acceptors (Lipinski definition) is 7. The molecule has 0 saturated carbocycles. The Kier molecular flexibility index (Phi) is 2.98. The highest BCUT2D eigenvalue weighted by atomic mass is 32.2. The van der Waals surface area contributed by atoms with Gasteiger partial charge in [0.25, 0.3) is 5.78 Å². The summed E-state index contributed by atoms with van der Waals surface area (Å²) in [5.41, 5.74) is 2.07. The molecule has 0 amide bonds. The average molecular weight is 360 g/mol. The summed E-state index contributed by atoms with van der Waals surface area (Å²) < 4.78 is 10.0. The highest BCUT2D eigenvalue weighted by Crippen LogP contribution is 2.42. The quantitative estimate of drug-likeness (QED) is 0.512. The van der Waals surface area contributed by atoms with E-state index in [-0.39, 0.29) is 5.60 Å². The van der Waals surface area contributed by atoms with E-state index in [2.05, 4.69) is 38.5 Å². The minimum absolute atomic E-state index is 0.123. The zero-order valence-corrected chi connectivity index (χ0v) is 15.2. The third kappa shape index (κ3) is 1.77. The third-order valence-corrected chi connectivity index (χ3v) is 6.71. The van der Waals surface area contributed by atoms with Crippen molar-refractivity contribution in [3.05, 3.63) is 16.8 Å². The molecule has 1 aliphatic heterocycles. The van der Waals surface area contributed by atoms with Crippen molar-refractivity contribution in [1.82, 2.24) is 29.2 Å². The van der Waals surface area contributed by atoms with E-state index >= 15 is 0 Å². The predicted octanol–water partition coefficient (Wildman–Crippen LogP) is 2.95. The first-order valence-corrected chi connectivity index (χ1v) is 9.88. The van der Waals surface area contributed by atoms with Crippen LogP contribution < -0.4 is 0 Å². The maximum absolute atomic E-state index is 6.14. The Morgan fingerprint density at radius 3 is 3.08 bits per heavy atom. The van der Waals surface area contributed by atoms with Gasteiger partial charge >= 0.3 is 0 Å². The first kappa shape index (κ1) is 14.6. The number of hydrogen-bond donors (Lipinski definition) is 0. The zero-order valence-electron chi connectivity index (χ0n) is 13.6. The second-order valence-electron chi connectivity index (χ2n) is 6.27. The Balaban J connectivity index is 1.96. The van der Waals surface area contributed by atoms with Crippen molar-refractivity contribution < 1.29 is 4.74 Å². The Morgan fingerprint density at radius 1 is 1.42 bits per heavy atom. The molecule has 1 atom stereocenters. The van der Waals surface area contributed by atoms with Gasteiger partial charge in [-0.3, -0.25) is 0 Å². The normalized spacial score (nSPS) is 21.1. The van der Waals surface area contributed by atoms with Crippen LogP contribution >= 0.6 is 23.1 Å². The van der Waals surface area contributed by atoms with E-state index in [0.717, 1.165) is 33.9 Å². The summed E-state index contributed by atoms with van der Waals surface area (Å²) >= 11 is 3.34. The summed E-state index contributed by atoms with van der Waals surface area (Å²) in [4.78, 5) is 6.92. The predicted molar refractivity (Wildman–Crippen MR) is 93.9 cm³/mol. The first-order valence-electron chi connectivity index (χ1n) is 7.84. The van der Waals surface area contributed by atoms with E-state index in [1.807, 2.05) is 6.26 Å². The number of ether oxygens (including phenoxy) is 1. The molecule has 7 nitrogen and oxygen atoms in total. The maximum atomic E-state index is 6.14. The molecule has 4 aromatic rings. The third-order valence-electron chi connectivity index (χ3n) is 4.89. The molecule has 5 heterocycles. The Labute approximate surface area is 146 Å². The Morgan fingerprint density at radius 2 is 2.29 bits per heavy atom. The van der Waals surface area contributed by atoms with Gasteiger partial charge in [0.15, 0.2) is 10.8 Å². The SMILES string of the molecule is CCC1(C)Cc2c(sc3c2c2ncnn2c2nnc(SC)n32)CO1. The van der Waals surface area contributed by atoms with Crippen LogP contribution in [0.25, 0.3) is 21.6 Å². The molecule has 0 aliphatic carbocycles. The van der Waals surface area contributed by atoms with Gasteiger partial charge in [-0.05, 0) is 25.2 Å². The van der Waals surface area contributed by atoms with Gasteiger partial charge in [0.1, 0.15) is 11.2 Å². The standard InChI is InChI=1S/C15H16N6OS2/c1-4-15(2)5-8-9(6-22-15)24-12-10(8)11-16-7-17-21(11)13-18-19-14(23-3)20(12)13/h7H,4-6H2,1-3H3. The smallest absolute Gasteiger partial charge is 0.260 e. The van der Waals surface area contributed by atoms with Crippen LogP contribution in [0.3, 0.4) is 0 Å². The lowest BCUT2D eigenvalue weighted by Gasteiger charge is -2.32. The fourth-order valence-corrected chi connectivity index (χ4v) is 5.11. The van der Waals surface area contributed by atoms with Crippen molar-refractivity contribution >= 4 is 44.7 Å². The lowest BCUT2D eigenvalue weighted by Crippen LogP contribution is -2.33. The molecule has 0 radical (unpaired) electrons. The van der Waals surface area contributed by atoms with Gasteiger partial charge in [-0.25, -0.2) is 9.38 Å². The van der Waals surface area contributed by atoms with E-state index in [4.69, 9.17) is 4.74 Å². The van der Waals surface area contributed by atoms with Crippen LogP contribution in [0.2, 0.25) is 0 Å². The first-order chi connectivity index (χ1) is 11.6. The van der Waals surface area contributed by atoms with E-state index in [0.29, 0.717) is 12.4 Å². The number of thioether (sulfide) groups is 1. The van der Waals surface area contributed by atoms with Crippen molar-refractivity contribution in [2.75, 3.05) is 6.26 Å². The topological polar surface area (TPSA) is 69.6 Å². The lowest BCUT2D eigenvalue weighted by atomic mass is 9.90. The number of thiophene rings is 1. The van der Waals surface area contributed by atoms with Crippen molar-refractivity contribution in [2.45, 2.75) is 44.1 Å². The fraction of sp³-hybridized carbons (Fsp3) is 0.467. The summed E-state index contributed by atoms with van der Waals surface area (Å²) in [5.74, 6) is 0.706. The van der Waals surface area contributed by atoms with E-state index in [1.54, 1.807) is 33.9 Å². The zero-order chi connectivity index (χ0) is 16.5. The highest BCUT2D eigenvalue weighted by Gasteiger charge is 2.33. The van der Waals surface area contributed by atoms with Gasteiger partial charge in [0.05, 0.1) is 17.6 Å².